The van der Waals surface area contributed by atoms with Gasteiger partial charge in [-0.05, 0) is 45.0 Å². The second kappa shape index (κ2) is 9.56. The summed E-state index contributed by atoms with van der Waals surface area (Å²) in [7, 11) is 0. The molecule has 2 aliphatic rings. The van der Waals surface area contributed by atoms with Crippen LogP contribution in [0.1, 0.15) is 25.3 Å². The zero-order valence-corrected chi connectivity index (χ0v) is 17.0. The highest BCUT2D eigenvalue weighted by molar-refractivity contribution is 6.31. The molecule has 0 saturated carbocycles. The summed E-state index contributed by atoms with van der Waals surface area (Å²) in [5.74, 6) is -0.140. The molecule has 8 heteroatoms. The Morgan fingerprint density at radius 2 is 1.75 bits per heavy atom. The lowest BCUT2D eigenvalue weighted by Gasteiger charge is -2.38. The molecule has 1 aromatic carbocycles. The van der Waals surface area contributed by atoms with Gasteiger partial charge in [-0.3, -0.25) is 9.69 Å². The molecule has 2 amide bonds. The van der Waals surface area contributed by atoms with Gasteiger partial charge in [0.15, 0.2) is 0 Å². The predicted octanol–water partition coefficient (Wildman–Crippen LogP) is 2.99. The van der Waals surface area contributed by atoms with Gasteiger partial charge in [0.25, 0.3) is 0 Å². The van der Waals surface area contributed by atoms with E-state index in [2.05, 4.69) is 4.90 Å². The van der Waals surface area contributed by atoms with Crippen LogP contribution in [0.4, 0.5) is 9.18 Å². The molecule has 0 aliphatic carbocycles. The second-order valence-corrected chi connectivity index (χ2v) is 7.67. The minimum Gasteiger partial charge on any atom is -0.450 e. The van der Waals surface area contributed by atoms with E-state index in [9.17, 15) is 14.0 Å². The van der Waals surface area contributed by atoms with Crippen LogP contribution >= 0.6 is 11.6 Å². The Morgan fingerprint density at radius 1 is 1.11 bits per heavy atom. The van der Waals surface area contributed by atoms with E-state index in [0.29, 0.717) is 49.9 Å². The van der Waals surface area contributed by atoms with Crippen molar-refractivity contribution in [3.05, 3.63) is 34.6 Å². The smallest absolute Gasteiger partial charge is 0.409 e. The fourth-order valence-electron chi connectivity index (χ4n) is 3.83. The monoisotopic (exact) mass is 411 g/mol. The first-order chi connectivity index (χ1) is 13.5. The van der Waals surface area contributed by atoms with Crippen LogP contribution in [0, 0.1) is 11.7 Å². The molecule has 0 atom stereocenters. The normalized spacial score (nSPS) is 19.0. The van der Waals surface area contributed by atoms with Crippen LogP contribution in [-0.4, -0.2) is 72.6 Å². The molecule has 154 valence electrons. The Bertz CT molecular complexity index is 682. The molecule has 28 heavy (non-hydrogen) atoms. The van der Waals surface area contributed by atoms with Crippen molar-refractivity contribution in [1.29, 1.82) is 0 Å². The average Bonchev–Trinajstić information content (AvgIpc) is 2.71. The number of amides is 2. The maximum Gasteiger partial charge on any atom is 0.409 e. The van der Waals surface area contributed by atoms with E-state index in [1.807, 2.05) is 4.90 Å². The Kier molecular flexibility index (Phi) is 7.13. The van der Waals surface area contributed by atoms with E-state index in [-0.39, 0.29) is 23.7 Å². The number of piperidine rings is 1. The summed E-state index contributed by atoms with van der Waals surface area (Å²) in [6.07, 6.45) is 1.20. The minimum absolute atomic E-state index is 0.0125. The number of ether oxygens (including phenoxy) is 1. The fraction of sp³-hybridized carbons (Fsp3) is 0.600. The number of likely N-dealkylation sites (tertiary alicyclic amines) is 1. The number of hydrogen-bond acceptors (Lipinski definition) is 4. The maximum atomic E-state index is 14.0. The molecule has 2 saturated heterocycles. The number of piperazine rings is 1. The standard InChI is InChI=1S/C20H27ClFN3O3/c1-2-28-20(27)25-12-10-24(11-13-25)19(26)15-6-8-23(9-7-15)14-16-17(21)4-3-5-18(16)22/h3-5,15H,2,6-14H2,1H3. The topological polar surface area (TPSA) is 53.1 Å². The van der Waals surface area contributed by atoms with E-state index in [1.165, 1.54) is 6.07 Å². The number of benzene rings is 1. The Labute approximate surface area is 170 Å². The third kappa shape index (κ3) is 4.94. The van der Waals surface area contributed by atoms with Crippen molar-refractivity contribution in [3.63, 3.8) is 0 Å². The third-order valence-electron chi connectivity index (χ3n) is 5.50. The van der Waals surface area contributed by atoms with Gasteiger partial charge < -0.3 is 14.5 Å². The highest BCUT2D eigenvalue weighted by Crippen LogP contribution is 2.25. The first kappa shape index (κ1) is 20.9. The summed E-state index contributed by atoms with van der Waals surface area (Å²) >= 11 is 6.12. The highest BCUT2D eigenvalue weighted by Gasteiger charge is 2.31. The molecule has 0 spiro atoms. The summed E-state index contributed by atoms with van der Waals surface area (Å²) in [5.41, 5.74) is 0.518. The van der Waals surface area contributed by atoms with Crippen LogP contribution in [0.2, 0.25) is 5.02 Å². The molecule has 6 nitrogen and oxygen atoms in total. The molecule has 0 unspecified atom stereocenters. The third-order valence-corrected chi connectivity index (χ3v) is 5.85. The van der Waals surface area contributed by atoms with Gasteiger partial charge in [0, 0.05) is 49.2 Å². The minimum atomic E-state index is -0.310. The summed E-state index contributed by atoms with van der Waals surface area (Å²) < 4.78 is 19.0. The zero-order chi connectivity index (χ0) is 20.1. The molecule has 0 N–H and O–H groups in total. The van der Waals surface area contributed by atoms with E-state index in [4.69, 9.17) is 16.3 Å². The molecular weight excluding hydrogens is 385 g/mol. The number of carbonyl (C=O) groups excluding carboxylic acids is 2. The Balaban J connectivity index is 1.46. The molecule has 0 aromatic heterocycles. The number of rotatable bonds is 4. The first-order valence-corrected chi connectivity index (χ1v) is 10.2. The predicted molar refractivity (Wildman–Crippen MR) is 105 cm³/mol. The van der Waals surface area contributed by atoms with Gasteiger partial charge in [-0.25, -0.2) is 9.18 Å². The molecule has 2 heterocycles. The lowest BCUT2D eigenvalue weighted by atomic mass is 9.94. The SMILES string of the molecule is CCOC(=O)N1CCN(C(=O)C2CCN(Cc3c(F)cccc3Cl)CC2)CC1. The molecule has 0 radical (unpaired) electrons. The number of hydrogen-bond donors (Lipinski definition) is 0. The summed E-state index contributed by atoms with van der Waals surface area (Å²) in [6.45, 7) is 6.19. The van der Waals surface area contributed by atoms with E-state index in [1.54, 1.807) is 24.0 Å². The van der Waals surface area contributed by atoms with Crippen molar-refractivity contribution >= 4 is 23.6 Å². The molecule has 3 rings (SSSR count). The Hall–Kier alpha value is -1.86. The summed E-state index contributed by atoms with van der Waals surface area (Å²) in [4.78, 5) is 30.2. The van der Waals surface area contributed by atoms with Gasteiger partial charge in [0.05, 0.1) is 6.61 Å². The summed E-state index contributed by atoms with van der Waals surface area (Å²) in [6, 6.07) is 4.73. The Morgan fingerprint density at radius 3 is 2.36 bits per heavy atom. The lowest BCUT2D eigenvalue weighted by Crippen LogP contribution is -2.53. The second-order valence-electron chi connectivity index (χ2n) is 7.26. The first-order valence-electron chi connectivity index (χ1n) is 9.85. The maximum absolute atomic E-state index is 14.0. The van der Waals surface area contributed by atoms with Gasteiger partial charge in [-0.15, -0.1) is 0 Å². The van der Waals surface area contributed by atoms with Crippen molar-refractivity contribution in [2.75, 3.05) is 45.9 Å². The van der Waals surface area contributed by atoms with Crippen molar-refractivity contribution < 1.29 is 18.7 Å². The van der Waals surface area contributed by atoms with Crippen molar-refractivity contribution in [3.8, 4) is 0 Å². The zero-order valence-electron chi connectivity index (χ0n) is 16.2. The lowest BCUT2D eigenvalue weighted by molar-refractivity contribution is -0.138. The van der Waals surface area contributed by atoms with Gasteiger partial charge in [-0.1, -0.05) is 17.7 Å². The van der Waals surface area contributed by atoms with Crippen LogP contribution < -0.4 is 0 Å². The molecule has 2 aliphatic heterocycles. The largest absolute Gasteiger partial charge is 0.450 e. The fourth-order valence-corrected chi connectivity index (χ4v) is 4.05. The van der Waals surface area contributed by atoms with Gasteiger partial charge in [-0.2, -0.15) is 0 Å². The van der Waals surface area contributed by atoms with Crippen molar-refractivity contribution in [2.45, 2.75) is 26.3 Å². The van der Waals surface area contributed by atoms with Crippen molar-refractivity contribution in [1.82, 2.24) is 14.7 Å². The van der Waals surface area contributed by atoms with Gasteiger partial charge in [0.1, 0.15) is 5.82 Å². The van der Waals surface area contributed by atoms with Crippen LogP contribution in [0.5, 0.6) is 0 Å². The van der Waals surface area contributed by atoms with Gasteiger partial charge >= 0.3 is 6.09 Å². The number of carbonyl (C=O) groups is 2. The molecule has 0 bridgehead atoms. The number of halogens is 2. The molecular formula is C20H27ClFN3O3. The average molecular weight is 412 g/mol. The molecule has 1 aromatic rings. The van der Waals surface area contributed by atoms with E-state index < -0.39 is 0 Å². The molecule has 2 fully saturated rings. The van der Waals surface area contributed by atoms with Crippen LogP contribution in [0.25, 0.3) is 0 Å². The van der Waals surface area contributed by atoms with Crippen LogP contribution in [0.3, 0.4) is 0 Å². The van der Waals surface area contributed by atoms with Crippen molar-refractivity contribution in [2.24, 2.45) is 5.92 Å². The van der Waals surface area contributed by atoms with Gasteiger partial charge in [0.2, 0.25) is 5.91 Å². The summed E-state index contributed by atoms with van der Waals surface area (Å²) in [5, 5.41) is 0.442. The van der Waals surface area contributed by atoms with Crippen LogP contribution in [0.15, 0.2) is 18.2 Å². The van der Waals surface area contributed by atoms with E-state index in [0.717, 1.165) is 25.9 Å². The quantitative estimate of drug-likeness (QED) is 0.764. The number of nitrogens with zero attached hydrogens (tertiary/aromatic N) is 3. The van der Waals surface area contributed by atoms with E-state index >= 15 is 0 Å². The highest BCUT2D eigenvalue weighted by atomic mass is 35.5. The van der Waals surface area contributed by atoms with Crippen LogP contribution in [-0.2, 0) is 16.1 Å².